The summed E-state index contributed by atoms with van der Waals surface area (Å²) in [6.45, 7) is 2.04. The number of hydrogen-bond donors (Lipinski definition) is 3. The summed E-state index contributed by atoms with van der Waals surface area (Å²) in [5.74, 6) is -0.723. The summed E-state index contributed by atoms with van der Waals surface area (Å²) in [6.07, 6.45) is 1.55. The van der Waals surface area contributed by atoms with Gasteiger partial charge in [-0.15, -0.1) is 0 Å². The van der Waals surface area contributed by atoms with E-state index in [2.05, 4.69) is 15.3 Å². The number of rotatable bonds is 4. The largest absolute Gasteiger partial charge is 0.461 e. The van der Waals surface area contributed by atoms with Gasteiger partial charge in [0.1, 0.15) is 11.4 Å². The Morgan fingerprint density at radius 1 is 1.18 bits per heavy atom. The van der Waals surface area contributed by atoms with Crippen LogP contribution in [0.5, 0.6) is 0 Å². The molecule has 22 heavy (non-hydrogen) atoms. The molecule has 3 rings (SSSR count). The van der Waals surface area contributed by atoms with E-state index in [1.54, 1.807) is 25.3 Å². The van der Waals surface area contributed by atoms with Crippen LogP contribution in [-0.2, 0) is 4.74 Å². The molecule has 1 aromatic carbocycles. The molecule has 0 saturated carbocycles. The molecule has 0 saturated heterocycles. The maximum atomic E-state index is 12.2. The van der Waals surface area contributed by atoms with Gasteiger partial charge in [0.25, 0.3) is 5.91 Å². The van der Waals surface area contributed by atoms with Gasteiger partial charge in [0.05, 0.1) is 12.3 Å². The normalized spacial score (nSPS) is 10.6. The lowest BCUT2D eigenvalue weighted by Crippen LogP contribution is -2.11. The lowest BCUT2D eigenvalue weighted by molar-refractivity contribution is 0.0520. The van der Waals surface area contributed by atoms with Crippen molar-refractivity contribution in [3.8, 4) is 0 Å². The highest BCUT2D eigenvalue weighted by Crippen LogP contribution is 2.17. The molecule has 3 N–H and O–H groups in total. The molecule has 1 amide bonds. The number of esters is 1. The van der Waals surface area contributed by atoms with Crippen molar-refractivity contribution in [1.29, 1.82) is 0 Å². The van der Waals surface area contributed by atoms with Crippen LogP contribution in [0.3, 0.4) is 0 Å². The minimum atomic E-state index is -0.450. The van der Waals surface area contributed by atoms with Crippen LogP contribution in [0.25, 0.3) is 10.9 Å². The molecular weight excluding hydrogens is 282 g/mol. The topological polar surface area (TPSA) is 87.0 Å². The Morgan fingerprint density at radius 2 is 2.00 bits per heavy atom. The summed E-state index contributed by atoms with van der Waals surface area (Å²) in [6, 6.07) is 11.0. The van der Waals surface area contributed by atoms with Crippen molar-refractivity contribution in [2.75, 3.05) is 11.9 Å². The van der Waals surface area contributed by atoms with Gasteiger partial charge < -0.3 is 20.0 Å². The summed E-state index contributed by atoms with van der Waals surface area (Å²) >= 11 is 0. The Bertz CT molecular complexity index is 799. The smallest absolute Gasteiger partial charge is 0.354 e. The number of hydrogen-bond acceptors (Lipinski definition) is 3. The molecule has 2 heterocycles. The van der Waals surface area contributed by atoms with Gasteiger partial charge in [-0.1, -0.05) is 18.2 Å². The molecule has 0 unspecified atom stereocenters. The highest BCUT2D eigenvalue weighted by molar-refractivity contribution is 6.06. The number of amides is 1. The quantitative estimate of drug-likeness (QED) is 0.647. The Morgan fingerprint density at radius 3 is 2.77 bits per heavy atom. The summed E-state index contributed by atoms with van der Waals surface area (Å²) in [7, 11) is 0. The SMILES string of the molecule is CCOC(=O)c1cc(NC(=O)c2cc3ccccc3[nH]2)c[nH]1. The van der Waals surface area contributed by atoms with E-state index in [9.17, 15) is 9.59 Å². The van der Waals surface area contributed by atoms with E-state index in [4.69, 9.17) is 4.74 Å². The van der Waals surface area contributed by atoms with E-state index in [0.29, 0.717) is 23.7 Å². The van der Waals surface area contributed by atoms with Gasteiger partial charge in [-0.3, -0.25) is 4.79 Å². The first-order valence-corrected chi connectivity index (χ1v) is 6.92. The van der Waals surface area contributed by atoms with E-state index in [-0.39, 0.29) is 5.91 Å². The third kappa shape index (κ3) is 2.71. The molecule has 112 valence electrons. The molecular formula is C16H15N3O3. The number of ether oxygens (including phenoxy) is 1. The summed E-state index contributed by atoms with van der Waals surface area (Å²) in [5.41, 5.74) is 2.16. The molecule has 0 atom stereocenters. The number of carbonyl (C=O) groups excluding carboxylic acids is 2. The molecule has 0 aliphatic heterocycles. The molecule has 6 nitrogen and oxygen atoms in total. The van der Waals surface area contributed by atoms with Crippen LogP contribution in [0.15, 0.2) is 42.6 Å². The Kier molecular flexibility index (Phi) is 3.65. The molecule has 6 heteroatoms. The molecule has 2 aromatic heterocycles. The maximum absolute atomic E-state index is 12.2. The number of carbonyl (C=O) groups is 2. The van der Waals surface area contributed by atoms with Crippen molar-refractivity contribution in [3.05, 3.63) is 54.0 Å². The highest BCUT2D eigenvalue weighted by Gasteiger charge is 2.13. The molecule has 0 aliphatic carbocycles. The van der Waals surface area contributed by atoms with Crippen LogP contribution < -0.4 is 5.32 Å². The van der Waals surface area contributed by atoms with E-state index >= 15 is 0 Å². The van der Waals surface area contributed by atoms with Gasteiger partial charge in [0.15, 0.2) is 0 Å². The van der Waals surface area contributed by atoms with Crippen LogP contribution in [-0.4, -0.2) is 28.5 Å². The van der Waals surface area contributed by atoms with Crippen molar-refractivity contribution in [2.24, 2.45) is 0 Å². The van der Waals surface area contributed by atoms with Gasteiger partial charge >= 0.3 is 5.97 Å². The zero-order valence-corrected chi connectivity index (χ0v) is 12.0. The number of aromatic nitrogens is 2. The lowest BCUT2D eigenvalue weighted by Gasteiger charge is -1.99. The average molecular weight is 297 g/mol. The van der Waals surface area contributed by atoms with Crippen molar-refractivity contribution >= 4 is 28.5 Å². The molecule has 0 fully saturated rings. The van der Waals surface area contributed by atoms with Crippen LogP contribution in [0.1, 0.15) is 27.9 Å². The maximum Gasteiger partial charge on any atom is 0.354 e. The first-order chi connectivity index (χ1) is 10.7. The second kappa shape index (κ2) is 5.77. The molecule has 3 aromatic rings. The zero-order chi connectivity index (χ0) is 15.5. The number of H-pyrrole nitrogens is 2. The van der Waals surface area contributed by atoms with Gasteiger partial charge in [-0.25, -0.2) is 4.79 Å². The highest BCUT2D eigenvalue weighted by atomic mass is 16.5. The van der Waals surface area contributed by atoms with Crippen molar-refractivity contribution in [3.63, 3.8) is 0 Å². The third-order valence-electron chi connectivity index (χ3n) is 3.21. The Labute approximate surface area is 126 Å². The summed E-state index contributed by atoms with van der Waals surface area (Å²) in [4.78, 5) is 29.6. The van der Waals surface area contributed by atoms with E-state index < -0.39 is 5.97 Å². The number of anilines is 1. The van der Waals surface area contributed by atoms with Crippen molar-refractivity contribution in [2.45, 2.75) is 6.92 Å². The lowest BCUT2D eigenvalue weighted by atomic mass is 10.2. The fourth-order valence-corrected chi connectivity index (χ4v) is 2.19. The molecule has 0 radical (unpaired) electrons. The standard InChI is InChI=1S/C16H15N3O3/c1-2-22-16(21)14-8-11(9-17-14)18-15(20)13-7-10-5-3-4-6-12(10)19-13/h3-9,17,19H,2H2,1H3,(H,18,20). The first kappa shape index (κ1) is 13.9. The number of nitrogens with one attached hydrogen (secondary N) is 3. The number of aromatic amines is 2. The predicted molar refractivity (Wildman–Crippen MR) is 83.0 cm³/mol. The second-order valence-corrected chi connectivity index (χ2v) is 4.75. The molecule has 0 bridgehead atoms. The first-order valence-electron chi connectivity index (χ1n) is 6.92. The van der Waals surface area contributed by atoms with Gasteiger partial charge in [-0.2, -0.15) is 0 Å². The van der Waals surface area contributed by atoms with Crippen LogP contribution in [0, 0.1) is 0 Å². The number of fused-ring (bicyclic) bond motifs is 1. The van der Waals surface area contributed by atoms with Crippen molar-refractivity contribution in [1.82, 2.24) is 9.97 Å². The number of para-hydroxylation sites is 1. The Balaban J connectivity index is 1.75. The summed E-state index contributed by atoms with van der Waals surface area (Å²) in [5, 5.41) is 3.69. The molecule has 0 aliphatic rings. The van der Waals surface area contributed by atoms with Gasteiger partial charge in [-0.05, 0) is 25.1 Å². The van der Waals surface area contributed by atoms with Crippen LogP contribution in [0.2, 0.25) is 0 Å². The van der Waals surface area contributed by atoms with E-state index in [1.165, 1.54) is 0 Å². The zero-order valence-electron chi connectivity index (χ0n) is 12.0. The third-order valence-corrected chi connectivity index (χ3v) is 3.21. The average Bonchev–Trinajstić information content (AvgIpc) is 3.13. The van der Waals surface area contributed by atoms with E-state index in [1.807, 2.05) is 24.3 Å². The Hall–Kier alpha value is -3.02. The van der Waals surface area contributed by atoms with E-state index in [0.717, 1.165) is 10.9 Å². The second-order valence-electron chi connectivity index (χ2n) is 4.75. The monoisotopic (exact) mass is 297 g/mol. The minimum absolute atomic E-state index is 0.273. The van der Waals surface area contributed by atoms with Gasteiger partial charge in [0.2, 0.25) is 0 Å². The fraction of sp³-hybridized carbons (Fsp3) is 0.125. The van der Waals surface area contributed by atoms with Crippen molar-refractivity contribution < 1.29 is 14.3 Å². The summed E-state index contributed by atoms with van der Waals surface area (Å²) < 4.78 is 4.88. The number of benzene rings is 1. The predicted octanol–water partition coefficient (Wildman–Crippen LogP) is 2.93. The molecule has 0 spiro atoms. The fourth-order valence-electron chi connectivity index (χ4n) is 2.19. The van der Waals surface area contributed by atoms with Crippen LogP contribution in [0.4, 0.5) is 5.69 Å². The van der Waals surface area contributed by atoms with Gasteiger partial charge in [0, 0.05) is 17.1 Å². The minimum Gasteiger partial charge on any atom is -0.461 e. The van der Waals surface area contributed by atoms with Crippen LogP contribution >= 0.6 is 0 Å².